The van der Waals surface area contributed by atoms with Crippen molar-refractivity contribution in [3.05, 3.63) is 82.4 Å². The summed E-state index contributed by atoms with van der Waals surface area (Å²) in [5.74, 6) is -0.163. The van der Waals surface area contributed by atoms with Crippen molar-refractivity contribution in [2.45, 2.75) is 77.7 Å². The quantitative estimate of drug-likeness (QED) is 0.146. The van der Waals surface area contributed by atoms with Crippen molar-refractivity contribution < 1.29 is 19.4 Å². The molecule has 0 fully saturated rings. The summed E-state index contributed by atoms with van der Waals surface area (Å²) in [6.07, 6.45) is 11.3. The van der Waals surface area contributed by atoms with Crippen LogP contribution in [0.1, 0.15) is 79.9 Å². The summed E-state index contributed by atoms with van der Waals surface area (Å²) in [4.78, 5) is 39.8. The molecule has 2 N–H and O–H groups in total. The van der Waals surface area contributed by atoms with Gasteiger partial charge in [0, 0.05) is 34.8 Å². The maximum Gasteiger partial charge on any atom is 0.326 e. The lowest BCUT2D eigenvalue weighted by Gasteiger charge is -2.16. The first-order valence-electron chi connectivity index (χ1n) is 14.8. The summed E-state index contributed by atoms with van der Waals surface area (Å²) in [6, 6.07) is 13.8. The maximum atomic E-state index is 12.8. The normalized spacial score (nSPS) is 12.1. The van der Waals surface area contributed by atoms with Crippen LogP contribution in [0.2, 0.25) is 0 Å². The highest BCUT2D eigenvalue weighted by Crippen LogP contribution is 2.29. The molecule has 0 aliphatic carbocycles. The molecule has 9 heteroatoms. The minimum Gasteiger partial charge on any atom is -0.492 e. The Morgan fingerprint density at radius 2 is 1.60 bits per heavy atom. The third kappa shape index (κ3) is 9.19. The van der Waals surface area contributed by atoms with Gasteiger partial charge in [0.25, 0.3) is 5.91 Å². The van der Waals surface area contributed by atoms with E-state index in [9.17, 15) is 14.7 Å². The van der Waals surface area contributed by atoms with E-state index in [1.165, 1.54) is 37.0 Å². The Labute approximate surface area is 257 Å². The number of nitrogens with one attached hydrogen (secondary N) is 1. The predicted octanol–water partition coefficient (Wildman–Crippen LogP) is 7.34. The van der Waals surface area contributed by atoms with E-state index in [1.807, 2.05) is 42.5 Å². The molecule has 0 aliphatic rings. The number of carbonyl (C=O) groups is 2. The molecule has 0 radical (unpaired) electrons. The number of thiophene rings is 1. The molecule has 1 atom stereocenters. The van der Waals surface area contributed by atoms with Crippen molar-refractivity contribution in [2.75, 3.05) is 6.61 Å². The van der Waals surface area contributed by atoms with Gasteiger partial charge in [0.05, 0.1) is 23.4 Å². The number of carbonyl (C=O) groups excluding carboxylic acids is 1. The topological polar surface area (TPSA) is 114 Å². The van der Waals surface area contributed by atoms with Gasteiger partial charge in [-0.15, -0.1) is 11.3 Å². The third-order valence-corrected chi connectivity index (χ3v) is 8.53. The van der Waals surface area contributed by atoms with Crippen LogP contribution in [0.5, 0.6) is 5.75 Å². The van der Waals surface area contributed by atoms with E-state index in [4.69, 9.17) is 4.74 Å². The molecule has 8 nitrogen and oxygen atoms in total. The van der Waals surface area contributed by atoms with Crippen LogP contribution in [0.3, 0.4) is 0 Å². The number of aliphatic carboxylic acids is 1. The van der Waals surface area contributed by atoms with Gasteiger partial charge < -0.3 is 15.2 Å². The highest BCUT2D eigenvalue weighted by atomic mass is 32.1. The van der Waals surface area contributed by atoms with Crippen LogP contribution < -0.4 is 10.1 Å². The average Bonchev–Trinajstić information content (AvgIpc) is 3.51. The highest BCUT2D eigenvalue weighted by Gasteiger charge is 2.24. The lowest BCUT2D eigenvalue weighted by atomic mass is 9.95. The summed E-state index contributed by atoms with van der Waals surface area (Å²) < 4.78 is 5.81. The van der Waals surface area contributed by atoms with Crippen LogP contribution in [0, 0.1) is 0 Å². The van der Waals surface area contributed by atoms with Gasteiger partial charge in [-0.3, -0.25) is 9.78 Å². The summed E-state index contributed by atoms with van der Waals surface area (Å²) in [7, 11) is 0. The third-order valence-electron chi connectivity index (χ3n) is 7.02. The Bertz CT molecular complexity index is 1480. The first-order valence-corrected chi connectivity index (χ1v) is 15.6. The van der Waals surface area contributed by atoms with Crippen LogP contribution in [-0.4, -0.2) is 44.6 Å². The fourth-order valence-electron chi connectivity index (χ4n) is 4.46. The Morgan fingerprint density at radius 3 is 2.21 bits per heavy atom. The first-order chi connectivity index (χ1) is 20.6. The number of carboxylic acid groups (broad SMARTS) is 1. The smallest absolute Gasteiger partial charge is 0.326 e. The van der Waals surface area contributed by atoms with E-state index < -0.39 is 12.0 Å². The van der Waals surface area contributed by atoms with E-state index in [-0.39, 0.29) is 17.7 Å². The summed E-state index contributed by atoms with van der Waals surface area (Å²) in [5, 5.41) is 12.4. The van der Waals surface area contributed by atoms with Crippen molar-refractivity contribution in [1.82, 2.24) is 20.3 Å². The second-order valence-electron chi connectivity index (χ2n) is 11.6. The fourth-order valence-corrected chi connectivity index (χ4v) is 5.43. The number of pyridine rings is 1. The number of aromatic nitrogens is 3. The number of amides is 1. The molecule has 1 aromatic carbocycles. The number of benzene rings is 1. The molecule has 0 unspecified atom stereocenters. The second-order valence-corrected chi connectivity index (χ2v) is 12.7. The number of carboxylic acids is 1. The number of nitrogens with zero attached hydrogens (tertiary/aromatic N) is 3. The molecule has 0 bridgehead atoms. The molecule has 43 heavy (non-hydrogen) atoms. The monoisotopic (exact) mass is 600 g/mol. The number of hydrogen-bond acceptors (Lipinski definition) is 7. The average molecular weight is 601 g/mol. The summed E-state index contributed by atoms with van der Waals surface area (Å²) >= 11 is 1.38. The molecule has 3 heterocycles. The molecule has 226 valence electrons. The summed E-state index contributed by atoms with van der Waals surface area (Å²) in [5.41, 5.74) is 3.06. The number of hydrogen-bond donors (Lipinski definition) is 2. The molecular weight excluding hydrogens is 560 g/mol. The number of rotatable bonds is 14. The standard InChI is InChI=1S/C34H40N4O4S/c1-5-6-7-8-9-18-42-26-14-15-27(35-22-26)25-20-36-31(37-21-25)24-12-10-23(11-13-24)19-28(33(40)41)38-32(39)29-16-17-30(43-29)34(2,3)4/h10-17,20-22,28H,5-9,18-19H2,1-4H3,(H,38,39)(H,40,41)/t28-/m0/s1. The Balaban J connectivity index is 1.32. The van der Waals surface area contributed by atoms with Crippen molar-refractivity contribution in [3.8, 4) is 28.4 Å². The van der Waals surface area contributed by atoms with Gasteiger partial charge in [-0.05, 0) is 41.7 Å². The van der Waals surface area contributed by atoms with Gasteiger partial charge in [-0.2, -0.15) is 0 Å². The first kappa shape index (κ1) is 31.8. The zero-order valence-corrected chi connectivity index (χ0v) is 26.1. The highest BCUT2D eigenvalue weighted by molar-refractivity contribution is 7.14. The number of unbranched alkanes of at least 4 members (excludes halogenated alkanes) is 4. The van der Waals surface area contributed by atoms with Gasteiger partial charge in [0.15, 0.2) is 5.82 Å². The van der Waals surface area contributed by atoms with Crippen LogP contribution in [0.4, 0.5) is 0 Å². The molecule has 1 amide bonds. The molecule has 3 aromatic heterocycles. The fraction of sp³-hybridized carbons (Fsp3) is 0.382. The molecule has 0 spiro atoms. The molecule has 4 aromatic rings. The summed E-state index contributed by atoms with van der Waals surface area (Å²) in [6.45, 7) is 9.13. The minimum atomic E-state index is -1.08. The zero-order valence-electron chi connectivity index (χ0n) is 25.3. The Kier molecular flexibility index (Phi) is 11.0. The van der Waals surface area contributed by atoms with Gasteiger partial charge in [-0.25, -0.2) is 14.8 Å². The number of ether oxygens (including phenoxy) is 1. The van der Waals surface area contributed by atoms with E-state index >= 15 is 0 Å². The Morgan fingerprint density at radius 1 is 0.884 bits per heavy atom. The molecule has 0 saturated carbocycles. The van der Waals surface area contributed by atoms with Crippen LogP contribution in [0.25, 0.3) is 22.6 Å². The lowest BCUT2D eigenvalue weighted by Crippen LogP contribution is -2.42. The largest absolute Gasteiger partial charge is 0.492 e. The minimum absolute atomic E-state index is 0.0776. The Hall–Kier alpha value is -4.11. The van der Waals surface area contributed by atoms with Crippen LogP contribution in [-0.2, 0) is 16.6 Å². The van der Waals surface area contributed by atoms with E-state index in [1.54, 1.807) is 24.7 Å². The van der Waals surface area contributed by atoms with Crippen LogP contribution >= 0.6 is 11.3 Å². The van der Waals surface area contributed by atoms with E-state index in [2.05, 4.69) is 48.0 Å². The van der Waals surface area contributed by atoms with Crippen LogP contribution in [0.15, 0.2) is 67.1 Å². The van der Waals surface area contributed by atoms with Crippen molar-refractivity contribution in [3.63, 3.8) is 0 Å². The van der Waals surface area contributed by atoms with Crippen molar-refractivity contribution >= 4 is 23.2 Å². The molecule has 4 rings (SSSR count). The van der Waals surface area contributed by atoms with E-state index in [0.717, 1.165) is 39.4 Å². The predicted molar refractivity (Wildman–Crippen MR) is 171 cm³/mol. The second kappa shape index (κ2) is 14.9. The van der Waals surface area contributed by atoms with Gasteiger partial charge in [-0.1, -0.05) is 77.6 Å². The van der Waals surface area contributed by atoms with Gasteiger partial charge >= 0.3 is 5.97 Å². The van der Waals surface area contributed by atoms with Gasteiger partial charge in [0.1, 0.15) is 11.8 Å². The maximum absolute atomic E-state index is 12.8. The SMILES string of the molecule is CCCCCCCOc1ccc(-c2cnc(-c3ccc(C[C@H](NC(=O)c4ccc(C(C)(C)C)s4)C(=O)O)cc3)nc2)nc1. The zero-order chi connectivity index (χ0) is 30.8. The molecule has 0 aliphatic heterocycles. The molecule has 0 saturated heterocycles. The van der Waals surface area contributed by atoms with Gasteiger partial charge in [0.2, 0.25) is 0 Å². The molecular formula is C34H40N4O4S. The lowest BCUT2D eigenvalue weighted by molar-refractivity contribution is -0.139. The van der Waals surface area contributed by atoms with Crippen molar-refractivity contribution in [2.24, 2.45) is 0 Å². The van der Waals surface area contributed by atoms with E-state index in [0.29, 0.717) is 17.3 Å². The van der Waals surface area contributed by atoms with Crippen molar-refractivity contribution in [1.29, 1.82) is 0 Å².